The number of hydrogen-bond acceptors (Lipinski definition) is 3. The van der Waals surface area contributed by atoms with Crippen LogP contribution in [-0.2, 0) is 17.9 Å². The molecule has 0 radical (unpaired) electrons. The van der Waals surface area contributed by atoms with Gasteiger partial charge in [-0.05, 0) is 18.6 Å². The first-order chi connectivity index (χ1) is 9.74. The van der Waals surface area contributed by atoms with E-state index in [2.05, 4.69) is 4.98 Å². The highest BCUT2D eigenvalue weighted by molar-refractivity contribution is 5.89. The average Bonchev–Trinajstić information content (AvgIpc) is 2.88. The Morgan fingerprint density at radius 3 is 2.85 bits per heavy atom. The maximum atomic E-state index is 11.6. The van der Waals surface area contributed by atoms with Crippen LogP contribution in [0.1, 0.15) is 19.0 Å². The van der Waals surface area contributed by atoms with E-state index in [0.717, 1.165) is 36.9 Å². The monoisotopic (exact) mass is 271 g/mol. The number of benzene rings is 1. The predicted octanol–water partition coefficient (Wildman–Crippen LogP) is 2.22. The topological polar surface area (TPSA) is 47.4 Å². The maximum Gasteiger partial charge on any atom is 0.226 e. The lowest BCUT2D eigenvalue weighted by Crippen LogP contribution is -2.35. The molecule has 0 fully saturated rings. The summed E-state index contributed by atoms with van der Waals surface area (Å²) < 4.78 is 7.71. The minimum Gasteiger partial charge on any atom is -0.487 e. The van der Waals surface area contributed by atoms with Crippen molar-refractivity contribution in [3.63, 3.8) is 0 Å². The lowest BCUT2D eigenvalue weighted by Gasteiger charge is -2.25. The summed E-state index contributed by atoms with van der Waals surface area (Å²) >= 11 is 0. The highest BCUT2D eigenvalue weighted by Crippen LogP contribution is 2.21. The van der Waals surface area contributed by atoms with Gasteiger partial charge >= 0.3 is 0 Å². The van der Waals surface area contributed by atoms with Gasteiger partial charge in [0.1, 0.15) is 12.4 Å². The second-order valence-corrected chi connectivity index (χ2v) is 4.85. The number of carbonyl (C=O) groups excluding carboxylic acids is 1. The molecule has 0 spiro atoms. The van der Waals surface area contributed by atoms with E-state index in [9.17, 15) is 4.79 Å². The number of fused-ring (bicyclic) bond motifs is 1. The Balaban J connectivity index is 1.74. The number of rotatable bonds is 3. The lowest BCUT2D eigenvalue weighted by atomic mass is 10.3. The van der Waals surface area contributed by atoms with E-state index in [1.165, 1.54) is 0 Å². The molecule has 5 nitrogen and oxygen atoms in total. The molecular weight excluding hydrogens is 254 g/mol. The molecule has 1 aromatic carbocycles. The van der Waals surface area contributed by atoms with Crippen molar-refractivity contribution in [1.82, 2.24) is 9.55 Å². The van der Waals surface area contributed by atoms with E-state index < -0.39 is 0 Å². The van der Waals surface area contributed by atoms with Crippen LogP contribution in [0.25, 0.3) is 0 Å². The number of hydrogen-bond donors (Lipinski definition) is 0. The Hall–Kier alpha value is -2.30. The molecule has 0 N–H and O–H groups in total. The summed E-state index contributed by atoms with van der Waals surface area (Å²) in [6, 6.07) is 9.65. The SMILES string of the molecule is CC(=O)N1CCCn2cc(COc3ccccc3)nc21. The fourth-order valence-corrected chi connectivity index (χ4v) is 2.38. The van der Waals surface area contributed by atoms with Gasteiger partial charge in [-0.2, -0.15) is 0 Å². The quantitative estimate of drug-likeness (QED) is 0.860. The molecule has 0 atom stereocenters. The molecule has 0 saturated heterocycles. The number of para-hydroxylation sites is 1. The van der Waals surface area contributed by atoms with Gasteiger partial charge in [0.15, 0.2) is 0 Å². The first-order valence-electron chi connectivity index (χ1n) is 6.76. The molecule has 1 amide bonds. The van der Waals surface area contributed by atoms with Crippen molar-refractivity contribution in [1.29, 1.82) is 0 Å². The third-order valence-electron chi connectivity index (χ3n) is 3.34. The van der Waals surface area contributed by atoms with Crippen LogP contribution in [0.3, 0.4) is 0 Å². The molecule has 0 saturated carbocycles. The van der Waals surface area contributed by atoms with Crippen LogP contribution in [0.15, 0.2) is 36.5 Å². The Morgan fingerprint density at radius 2 is 2.10 bits per heavy atom. The van der Waals surface area contributed by atoms with E-state index in [0.29, 0.717) is 6.61 Å². The number of anilines is 1. The van der Waals surface area contributed by atoms with Crippen LogP contribution < -0.4 is 9.64 Å². The van der Waals surface area contributed by atoms with E-state index in [-0.39, 0.29) is 5.91 Å². The summed E-state index contributed by atoms with van der Waals surface area (Å²) in [6.45, 7) is 3.63. The average molecular weight is 271 g/mol. The maximum absolute atomic E-state index is 11.6. The van der Waals surface area contributed by atoms with Gasteiger partial charge in [0, 0.05) is 26.2 Å². The smallest absolute Gasteiger partial charge is 0.226 e. The normalized spacial score (nSPS) is 13.9. The van der Waals surface area contributed by atoms with Gasteiger partial charge in [0.25, 0.3) is 0 Å². The number of nitrogens with zero attached hydrogens (tertiary/aromatic N) is 3. The largest absolute Gasteiger partial charge is 0.487 e. The van der Waals surface area contributed by atoms with Crippen molar-refractivity contribution < 1.29 is 9.53 Å². The van der Waals surface area contributed by atoms with E-state index in [1.54, 1.807) is 11.8 Å². The molecule has 0 unspecified atom stereocenters. The van der Waals surface area contributed by atoms with Crippen LogP contribution in [0.4, 0.5) is 5.95 Å². The summed E-state index contributed by atoms with van der Waals surface area (Å²) in [5.41, 5.74) is 0.844. The van der Waals surface area contributed by atoms with Crippen LogP contribution in [0, 0.1) is 0 Å². The number of carbonyl (C=O) groups is 1. The Kier molecular flexibility index (Phi) is 3.41. The van der Waals surface area contributed by atoms with E-state index in [4.69, 9.17) is 4.74 Å². The number of aryl methyl sites for hydroxylation is 1. The first kappa shape index (κ1) is 12.7. The third kappa shape index (κ3) is 2.52. The summed E-state index contributed by atoms with van der Waals surface area (Å²) in [6.07, 6.45) is 2.93. The molecule has 1 aromatic heterocycles. The van der Waals surface area contributed by atoms with Crippen molar-refractivity contribution in [3.05, 3.63) is 42.2 Å². The number of amides is 1. The molecular formula is C15H17N3O2. The molecule has 2 heterocycles. The predicted molar refractivity (Wildman–Crippen MR) is 75.6 cm³/mol. The van der Waals surface area contributed by atoms with Crippen molar-refractivity contribution in [2.75, 3.05) is 11.4 Å². The molecule has 3 rings (SSSR count). The second-order valence-electron chi connectivity index (χ2n) is 4.85. The summed E-state index contributed by atoms with van der Waals surface area (Å²) in [7, 11) is 0. The van der Waals surface area contributed by atoms with Gasteiger partial charge in [-0.25, -0.2) is 4.98 Å². The Labute approximate surface area is 117 Å². The van der Waals surface area contributed by atoms with Gasteiger partial charge < -0.3 is 9.30 Å². The summed E-state index contributed by atoms with van der Waals surface area (Å²) in [5, 5.41) is 0. The zero-order valence-corrected chi connectivity index (χ0v) is 11.5. The van der Waals surface area contributed by atoms with Crippen molar-refractivity contribution in [2.45, 2.75) is 26.5 Å². The fraction of sp³-hybridized carbons (Fsp3) is 0.333. The molecule has 0 bridgehead atoms. The molecule has 1 aliphatic heterocycles. The number of imidazole rings is 1. The number of aromatic nitrogens is 2. The molecule has 5 heteroatoms. The van der Waals surface area contributed by atoms with Crippen molar-refractivity contribution >= 4 is 11.9 Å². The van der Waals surface area contributed by atoms with Crippen molar-refractivity contribution in [3.8, 4) is 5.75 Å². The Bertz CT molecular complexity index is 607. The zero-order valence-electron chi connectivity index (χ0n) is 11.5. The van der Waals surface area contributed by atoms with Gasteiger partial charge in [0.05, 0.1) is 5.69 Å². The molecule has 104 valence electrons. The molecule has 0 aliphatic carbocycles. The highest BCUT2D eigenvalue weighted by atomic mass is 16.5. The van der Waals surface area contributed by atoms with Crippen LogP contribution in [-0.4, -0.2) is 22.0 Å². The first-order valence-corrected chi connectivity index (χ1v) is 6.76. The van der Waals surface area contributed by atoms with Gasteiger partial charge in [-0.3, -0.25) is 9.69 Å². The zero-order chi connectivity index (χ0) is 13.9. The number of ether oxygens (including phenoxy) is 1. The van der Waals surface area contributed by atoms with Crippen LogP contribution in [0.2, 0.25) is 0 Å². The highest BCUT2D eigenvalue weighted by Gasteiger charge is 2.22. The standard InChI is InChI=1S/C15H17N3O2/c1-12(19)18-9-5-8-17-10-13(16-15(17)18)11-20-14-6-3-2-4-7-14/h2-4,6-7,10H,5,8-9,11H2,1H3. The van der Waals surface area contributed by atoms with Crippen LogP contribution in [0.5, 0.6) is 5.75 Å². The molecule has 2 aromatic rings. The minimum absolute atomic E-state index is 0.0343. The lowest BCUT2D eigenvalue weighted by molar-refractivity contribution is -0.116. The molecule has 1 aliphatic rings. The molecule has 20 heavy (non-hydrogen) atoms. The van der Waals surface area contributed by atoms with E-state index in [1.807, 2.05) is 41.1 Å². The fourth-order valence-electron chi connectivity index (χ4n) is 2.38. The Morgan fingerprint density at radius 1 is 1.30 bits per heavy atom. The third-order valence-corrected chi connectivity index (χ3v) is 3.34. The minimum atomic E-state index is 0.0343. The van der Waals surface area contributed by atoms with Gasteiger partial charge in [0.2, 0.25) is 11.9 Å². The summed E-state index contributed by atoms with van der Waals surface area (Å²) in [5.74, 6) is 1.59. The van der Waals surface area contributed by atoms with Crippen LogP contribution >= 0.6 is 0 Å². The van der Waals surface area contributed by atoms with Gasteiger partial charge in [-0.15, -0.1) is 0 Å². The van der Waals surface area contributed by atoms with Gasteiger partial charge in [-0.1, -0.05) is 18.2 Å². The second kappa shape index (κ2) is 5.36. The van der Waals surface area contributed by atoms with E-state index >= 15 is 0 Å². The summed E-state index contributed by atoms with van der Waals surface area (Å²) in [4.78, 5) is 17.8. The van der Waals surface area contributed by atoms with Crippen molar-refractivity contribution in [2.24, 2.45) is 0 Å².